The Balaban J connectivity index is 1.84. The second-order valence-corrected chi connectivity index (χ2v) is 5.36. The van der Waals surface area contributed by atoms with Crippen molar-refractivity contribution in [2.24, 2.45) is 5.92 Å². The third-order valence-corrected chi connectivity index (χ3v) is 3.66. The van der Waals surface area contributed by atoms with Gasteiger partial charge in [-0.15, -0.1) is 0 Å². The first-order chi connectivity index (χ1) is 7.75. The Morgan fingerprint density at radius 1 is 1.38 bits per heavy atom. The Bertz CT molecular complexity index is 325. The number of benzene rings is 1. The Morgan fingerprint density at radius 3 is 2.81 bits per heavy atom. The maximum absolute atomic E-state index is 5.94. The smallest absolute Gasteiger partial charge is 0.0729 e. The van der Waals surface area contributed by atoms with Gasteiger partial charge in [0.15, 0.2) is 0 Å². The molecule has 0 aromatic heterocycles. The van der Waals surface area contributed by atoms with Crippen LogP contribution in [0.5, 0.6) is 0 Å². The summed E-state index contributed by atoms with van der Waals surface area (Å²) >= 11 is 3.43. The summed E-state index contributed by atoms with van der Waals surface area (Å²) in [5.41, 5.74) is 1.24. The summed E-state index contributed by atoms with van der Waals surface area (Å²) in [6.07, 6.45) is 1.57. The van der Waals surface area contributed by atoms with Gasteiger partial charge < -0.3 is 10.1 Å². The van der Waals surface area contributed by atoms with E-state index in [1.807, 2.05) is 0 Å². The lowest BCUT2D eigenvalue weighted by atomic mass is 9.97. The van der Waals surface area contributed by atoms with Gasteiger partial charge in [-0.3, -0.25) is 0 Å². The molecule has 0 aliphatic carbocycles. The first-order valence-electron chi connectivity index (χ1n) is 5.82. The Kier molecular flexibility index (Phi) is 4.38. The van der Waals surface area contributed by atoms with Crippen LogP contribution in [0.2, 0.25) is 0 Å². The van der Waals surface area contributed by atoms with E-state index in [9.17, 15) is 0 Å². The van der Waals surface area contributed by atoms with Gasteiger partial charge in [0, 0.05) is 11.0 Å². The molecule has 3 heteroatoms. The van der Waals surface area contributed by atoms with E-state index in [4.69, 9.17) is 4.74 Å². The topological polar surface area (TPSA) is 21.3 Å². The molecule has 0 bridgehead atoms. The minimum absolute atomic E-state index is 0.359. The van der Waals surface area contributed by atoms with Gasteiger partial charge in [-0.1, -0.05) is 35.0 Å². The standard InChI is InChI=1S/C13H18BrNO/c1-10-6-7-15-8-13(10)16-9-11-2-4-12(14)5-3-11/h2-5,10,13,15H,6-9H2,1H3. The lowest BCUT2D eigenvalue weighted by Gasteiger charge is -2.29. The number of hydrogen-bond donors (Lipinski definition) is 1. The van der Waals surface area contributed by atoms with E-state index >= 15 is 0 Å². The second kappa shape index (κ2) is 5.80. The van der Waals surface area contributed by atoms with Gasteiger partial charge in [0.25, 0.3) is 0 Å². The number of ether oxygens (including phenoxy) is 1. The fourth-order valence-corrected chi connectivity index (χ4v) is 2.23. The van der Waals surface area contributed by atoms with Crippen LogP contribution in [0.15, 0.2) is 28.7 Å². The van der Waals surface area contributed by atoms with Crippen LogP contribution in [-0.4, -0.2) is 19.2 Å². The fourth-order valence-electron chi connectivity index (χ4n) is 1.97. The first kappa shape index (κ1) is 12.1. The molecule has 88 valence electrons. The number of piperidine rings is 1. The molecular formula is C13H18BrNO. The van der Waals surface area contributed by atoms with Gasteiger partial charge >= 0.3 is 0 Å². The quantitative estimate of drug-likeness (QED) is 0.921. The molecule has 16 heavy (non-hydrogen) atoms. The summed E-state index contributed by atoms with van der Waals surface area (Å²) in [4.78, 5) is 0. The van der Waals surface area contributed by atoms with Crippen molar-refractivity contribution in [3.8, 4) is 0 Å². The molecule has 1 N–H and O–H groups in total. The van der Waals surface area contributed by atoms with Crippen molar-refractivity contribution in [1.29, 1.82) is 0 Å². The van der Waals surface area contributed by atoms with Crippen molar-refractivity contribution >= 4 is 15.9 Å². The predicted octanol–water partition coefficient (Wildman–Crippen LogP) is 2.96. The first-order valence-corrected chi connectivity index (χ1v) is 6.62. The van der Waals surface area contributed by atoms with Crippen LogP contribution < -0.4 is 5.32 Å². The van der Waals surface area contributed by atoms with Crippen molar-refractivity contribution in [2.45, 2.75) is 26.1 Å². The summed E-state index contributed by atoms with van der Waals surface area (Å²) in [5, 5.41) is 3.38. The number of rotatable bonds is 3. The predicted molar refractivity (Wildman–Crippen MR) is 69.4 cm³/mol. The lowest BCUT2D eigenvalue weighted by molar-refractivity contribution is -0.00658. The largest absolute Gasteiger partial charge is 0.372 e. The summed E-state index contributed by atoms with van der Waals surface area (Å²) in [6.45, 7) is 5.09. The van der Waals surface area contributed by atoms with E-state index in [2.05, 4.69) is 52.4 Å². The van der Waals surface area contributed by atoms with Gasteiger partial charge in [0.05, 0.1) is 12.7 Å². The zero-order valence-electron chi connectivity index (χ0n) is 9.58. The molecule has 0 radical (unpaired) electrons. The van der Waals surface area contributed by atoms with E-state index in [-0.39, 0.29) is 0 Å². The van der Waals surface area contributed by atoms with E-state index in [0.29, 0.717) is 18.6 Å². The van der Waals surface area contributed by atoms with Gasteiger partial charge in [0.1, 0.15) is 0 Å². The van der Waals surface area contributed by atoms with Crippen molar-refractivity contribution in [3.05, 3.63) is 34.3 Å². The minimum atomic E-state index is 0.359. The van der Waals surface area contributed by atoms with Crippen LogP contribution in [0.3, 0.4) is 0 Å². The molecule has 1 aromatic carbocycles. The second-order valence-electron chi connectivity index (χ2n) is 4.45. The third kappa shape index (κ3) is 3.30. The monoisotopic (exact) mass is 283 g/mol. The lowest BCUT2D eigenvalue weighted by Crippen LogP contribution is -2.40. The molecule has 1 saturated heterocycles. The Labute approximate surface area is 106 Å². The van der Waals surface area contributed by atoms with Crippen LogP contribution in [-0.2, 0) is 11.3 Å². The average molecular weight is 284 g/mol. The highest BCUT2D eigenvalue weighted by atomic mass is 79.9. The van der Waals surface area contributed by atoms with Crippen LogP contribution in [0.4, 0.5) is 0 Å². The zero-order chi connectivity index (χ0) is 11.4. The molecule has 2 nitrogen and oxygen atoms in total. The Morgan fingerprint density at radius 2 is 2.12 bits per heavy atom. The highest BCUT2D eigenvalue weighted by molar-refractivity contribution is 9.10. The molecule has 0 spiro atoms. The van der Waals surface area contributed by atoms with Gasteiger partial charge in [0.2, 0.25) is 0 Å². The van der Waals surface area contributed by atoms with Crippen LogP contribution in [0.1, 0.15) is 18.9 Å². The minimum Gasteiger partial charge on any atom is -0.372 e. The highest BCUT2D eigenvalue weighted by Gasteiger charge is 2.21. The van der Waals surface area contributed by atoms with Crippen molar-refractivity contribution in [2.75, 3.05) is 13.1 Å². The van der Waals surface area contributed by atoms with Gasteiger partial charge in [-0.25, -0.2) is 0 Å². The number of nitrogens with one attached hydrogen (secondary N) is 1. The van der Waals surface area contributed by atoms with Gasteiger partial charge in [-0.2, -0.15) is 0 Å². The van der Waals surface area contributed by atoms with E-state index < -0.39 is 0 Å². The molecule has 2 atom stereocenters. The fraction of sp³-hybridized carbons (Fsp3) is 0.538. The summed E-state index contributed by atoms with van der Waals surface area (Å²) in [6, 6.07) is 8.32. The maximum atomic E-state index is 5.94. The third-order valence-electron chi connectivity index (χ3n) is 3.13. The van der Waals surface area contributed by atoms with Crippen molar-refractivity contribution in [3.63, 3.8) is 0 Å². The molecule has 1 aromatic rings. The van der Waals surface area contributed by atoms with Crippen molar-refractivity contribution in [1.82, 2.24) is 5.32 Å². The van der Waals surface area contributed by atoms with Crippen LogP contribution >= 0.6 is 15.9 Å². The molecule has 2 rings (SSSR count). The molecule has 1 heterocycles. The molecule has 2 unspecified atom stereocenters. The van der Waals surface area contributed by atoms with Crippen LogP contribution in [0.25, 0.3) is 0 Å². The maximum Gasteiger partial charge on any atom is 0.0729 e. The number of halogens is 1. The average Bonchev–Trinajstić information content (AvgIpc) is 2.30. The highest BCUT2D eigenvalue weighted by Crippen LogP contribution is 2.17. The summed E-state index contributed by atoms with van der Waals surface area (Å²) < 4.78 is 7.06. The molecule has 1 aliphatic rings. The zero-order valence-corrected chi connectivity index (χ0v) is 11.2. The molecule has 1 fully saturated rings. The Hall–Kier alpha value is -0.380. The van der Waals surface area contributed by atoms with E-state index in [1.54, 1.807) is 0 Å². The molecular weight excluding hydrogens is 266 g/mol. The number of hydrogen-bond acceptors (Lipinski definition) is 2. The van der Waals surface area contributed by atoms with Gasteiger partial charge in [-0.05, 0) is 36.6 Å². The summed E-state index contributed by atoms with van der Waals surface area (Å²) in [5.74, 6) is 0.664. The molecule has 0 saturated carbocycles. The normalized spacial score (nSPS) is 25.6. The summed E-state index contributed by atoms with van der Waals surface area (Å²) in [7, 11) is 0. The molecule has 0 amide bonds. The van der Waals surface area contributed by atoms with Crippen molar-refractivity contribution < 1.29 is 4.74 Å². The van der Waals surface area contributed by atoms with E-state index in [0.717, 1.165) is 17.6 Å². The van der Waals surface area contributed by atoms with Crippen LogP contribution in [0, 0.1) is 5.92 Å². The molecule has 1 aliphatic heterocycles. The SMILES string of the molecule is CC1CCNCC1OCc1ccc(Br)cc1. The van der Waals surface area contributed by atoms with E-state index in [1.165, 1.54) is 12.0 Å².